The van der Waals surface area contributed by atoms with E-state index in [2.05, 4.69) is 10.2 Å². The van der Waals surface area contributed by atoms with Gasteiger partial charge in [0.05, 0.1) is 38.0 Å². The molecule has 1 N–H and O–H groups in total. The van der Waals surface area contributed by atoms with E-state index in [1.54, 1.807) is 0 Å². The Balaban J connectivity index is 1.62. The molecule has 2 fully saturated rings. The van der Waals surface area contributed by atoms with E-state index in [4.69, 9.17) is 13.9 Å². The number of amides is 2. The quantitative estimate of drug-likeness (QED) is 0.896. The van der Waals surface area contributed by atoms with Crippen LogP contribution < -0.4 is 5.32 Å². The number of hydrogen-bond acceptors (Lipinski definition) is 5. The lowest BCUT2D eigenvalue weighted by Gasteiger charge is -2.38. The average molecular weight is 351 g/mol. The van der Waals surface area contributed by atoms with Gasteiger partial charge in [-0.05, 0) is 32.9 Å². The van der Waals surface area contributed by atoms with Crippen LogP contribution in [-0.4, -0.2) is 74.0 Å². The van der Waals surface area contributed by atoms with Crippen LogP contribution >= 0.6 is 0 Å². The van der Waals surface area contributed by atoms with Gasteiger partial charge < -0.3 is 24.1 Å². The van der Waals surface area contributed by atoms with Crippen LogP contribution in [0.2, 0.25) is 0 Å². The molecule has 2 saturated heterocycles. The summed E-state index contributed by atoms with van der Waals surface area (Å²) in [6.45, 7) is 11.4. The first-order chi connectivity index (χ1) is 11.9. The van der Waals surface area contributed by atoms with E-state index in [1.165, 1.54) is 0 Å². The lowest BCUT2D eigenvalue weighted by molar-refractivity contribution is -0.0735. The van der Waals surface area contributed by atoms with Crippen molar-refractivity contribution in [2.24, 2.45) is 0 Å². The predicted octanol–water partition coefficient (Wildman–Crippen LogP) is 1.78. The Morgan fingerprint density at radius 1 is 1.24 bits per heavy atom. The highest BCUT2D eigenvalue weighted by Gasteiger charge is 2.31. The van der Waals surface area contributed by atoms with Gasteiger partial charge in [-0.15, -0.1) is 0 Å². The fraction of sp³-hybridized carbons (Fsp3) is 0.722. The third-order valence-corrected chi connectivity index (χ3v) is 4.74. The standard InChI is InChI=1S/C18H29N3O4/c1-14-4-5-16(25-14)15(20-6-9-23-10-7-20)12-19-17(22)21-8-11-24-18(2,3)13-21/h4-5,15H,6-13H2,1-3H3,(H,19,22). The molecule has 0 aliphatic carbocycles. The molecule has 3 heterocycles. The Morgan fingerprint density at radius 2 is 2.00 bits per heavy atom. The van der Waals surface area contributed by atoms with Crippen molar-refractivity contribution in [1.82, 2.24) is 15.1 Å². The Labute approximate surface area is 149 Å². The number of urea groups is 1. The van der Waals surface area contributed by atoms with Crippen molar-refractivity contribution >= 4 is 6.03 Å². The molecule has 1 aromatic rings. The van der Waals surface area contributed by atoms with E-state index in [1.807, 2.05) is 37.8 Å². The molecule has 0 aromatic carbocycles. The van der Waals surface area contributed by atoms with Crippen LogP contribution in [0.1, 0.15) is 31.4 Å². The van der Waals surface area contributed by atoms with Gasteiger partial charge in [0.15, 0.2) is 0 Å². The van der Waals surface area contributed by atoms with Crippen molar-refractivity contribution in [2.45, 2.75) is 32.4 Å². The van der Waals surface area contributed by atoms with Crippen LogP contribution in [-0.2, 0) is 9.47 Å². The van der Waals surface area contributed by atoms with Gasteiger partial charge in [0, 0.05) is 26.2 Å². The summed E-state index contributed by atoms with van der Waals surface area (Å²) in [7, 11) is 0. The number of aryl methyl sites for hydroxylation is 1. The zero-order chi connectivity index (χ0) is 17.9. The summed E-state index contributed by atoms with van der Waals surface area (Å²) in [4.78, 5) is 16.7. The van der Waals surface area contributed by atoms with Gasteiger partial charge in [0.2, 0.25) is 0 Å². The van der Waals surface area contributed by atoms with Crippen molar-refractivity contribution in [2.75, 3.05) is 52.5 Å². The molecule has 0 spiro atoms. The van der Waals surface area contributed by atoms with E-state index in [0.717, 1.165) is 24.6 Å². The Hall–Kier alpha value is -1.57. The van der Waals surface area contributed by atoms with Crippen LogP contribution in [0.5, 0.6) is 0 Å². The molecule has 2 aliphatic heterocycles. The minimum absolute atomic E-state index is 0.0237. The number of carbonyl (C=O) groups excluding carboxylic acids is 1. The Morgan fingerprint density at radius 3 is 2.64 bits per heavy atom. The zero-order valence-electron chi connectivity index (χ0n) is 15.4. The topological polar surface area (TPSA) is 67.2 Å². The molecule has 25 heavy (non-hydrogen) atoms. The first-order valence-electron chi connectivity index (χ1n) is 8.99. The number of nitrogens with one attached hydrogen (secondary N) is 1. The second-order valence-corrected chi connectivity index (χ2v) is 7.33. The number of rotatable bonds is 4. The van der Waals surface area contributed by atoms with Crippen LogP contribution in [0.3, 0.4) is 0 Å². The van der Waals surface area contributed by atoms with Crippen LogP contribution in [0, 0.1) is 6.92 Å². The molecule has 1 atom stereocenters. The summed E-state index contributed by atoms with van der Waals surface area (Å²) in [5.74, 6) is 1.77. The van der Waals surface area contributed by atoms with Crippen molar-refractivity contribution in [3.8, 4) is 0 Å². The summed E-state index contributed by atoms with van der Waals surface area (Å²) in [5, 5.41) is 3.08. The summed E-state index contributed by atoms with van der Waals surface area (Å²) in [6, 6.07) is 3.95. The maximum atomic E-state index is 12.6. The maximum absolute atomic E-state index is 12.6. The fourth-order valence-electron chi connectivity index (χ4n) is 3.42. The first kappa shape index (κ1) is 18.2. The second-order valence-electron chi connectivity index (χ2n) is 7.33. The molecule has 7 heteroatoms. The normalized spacial score (nSPS) is 22.6. The minimum atomic E-state index is -0.294. The highest BCUT2D eigenvalue weighted by Crippen LogP contribution is 2.23. The monoisotopic (exact) mass is 351 g/mol. The summed E-state index contributed by atoms with van der Waals surface area (Å²) in [5.41, 5.74) is -0.294. The molecule has 3 rings (SSSR count). The van der Waals surface area contributed by atoms with Crippen molar-refractivity contribution in [3.05, 3.63) is 23.7 Å². The molecular formula is C18H29N3O4. The average Bonchev–Trinajstić information content (AvgIpc) is 3.01. The van der Waals surface area contributed by atoms with Crippen molar-refractivity contribution in [1.29, 1.82) is 0 Å². The van der Waals surface area contributed by atoms with E-state index in [9.17, 15) is 4.79 Å². The van der Waals surface area contributed by atoms with Crippen molar-refractivity contribution < 1.29 is 18.7 Å². The van der Waals surface area contributed by atoms with Crippen LogP contribution in [0.4, 0.5) is 4.79 Å². The Bertz CT molecular complexity index is 581. The van der Waals surface area contributed by atoms with Gasteiger partial charge in [-0.1, -0.05) is 0 Å². The molecule has 1 aromatic heterocycles. The number of carbonyl (C=O) groups is 1. The summed E-state index contributed by atoms with van der Waals surface area (Å²) in [6.07, 6.45) is 0. The number of nitrogens with zero attached hydrogens (tertiary/aromatic N) is 2. The van der Waals surface area contributed by atoms with Crippen LogP contribution in [0.25, 0.3) is 0 Å². The molecule has 140 valence electrons. The zero-order valence-corrected chi connectivity index (χ0v) is 15.4. The molecule has 1 unspecified atom stereocenters. The third kappa shape index (κ3) is 4.74. The van der Waals surface area contributed by atoms with Gasteiger partial charge in [-0.2, -0.15) is 0 Å². The number of furan rings is 1. The highest BCUT2D eigenvalue weighted by atomic mass is 16.5. The molecule has 0 saturated carbocycles. The molecule has 2 amide bonds. The molecule has 2 aliphatic rings. The lowest BCUT2D eigenvalue weighted by Crippen LogP contribution is -2.54. The highest BCUT2D eigenvalue weighted by molar-refractivity contribution is 5.74. The number of morpholine rings is 2. The predicted molar refractivity (Wildman–Crippen MR) is 93.6 cm³/mol. The first-order valence-corrected chi connectivity index (χ1v) is 8.99. The third-order valence-electron chi connectivity index (χ3n) is 4.74. The van der Waals surface area contributed by atoms with E-state index in [-0.39, 0.29) is 17.7 Å². The summed E-state index contributed by atoms with van der Waals surface area (Å²) >= 11 is 0. The van der Waals surface area contributed by atoms with Gasteiger partial charge in [0.1, 0.15) is 11.5 Å². The van der Waals surface area contributed by atoms with E-state index in [0.29, 0.717) is 39.5 Å². The second kappa shape index (κ2) is 7.76. The molecule has 0 radical (unpaired) electrons. The van der Waals surface area contributed by atoms with Gasteiger partial charge in [-0.3, -0.25) is 4.90 Å². The molecule has 7 nitrogen and oxygen atoms in total. The maximum Gasteiger partial charge on any atom is 0.317 e. The number of hydrogen-bond donors (Lipinski definition) is 1. The van der Waals surface area contributed by atoms with E-state index < -0.39 is 0 Å². The number of ether oxygens (including phenoxy) is 2. The smallest absolute Gasteiger partial charge is 0.317 e. The molecule has 0 bridgehead atoms. The minimum Gasteiger partial charge on any atom is -0.465 e. The Kier molecular flexibility index (Phi) is 5.66. The van der Waals surface area contributed by atoms with Gasteiger partial charge >= 0.3 is 6.03 Å². The van der Waals surface area contributed by atoms with Gasteiger partial charge in [-0.25, -0.2) is 4.79 Å². The largest absolute Gasteiger partial charge is 0.465 e. The molecular weight excluding hydrogens is 322 g/mol. The van der Waals surface area contributed by atoms with Gasteiger partial charge in [0.25, 0.3) is 0 Å². The van der Waals surface area contributed by atoms with E-state index >= 15 is 0 Å². The van der Waals surface area contributed by atoms with Crippen LogP contribution in [0.15, 0.2) is 16.5 Å². The summed E-state index contributed by atoms with van der Waals surface area (Å²) < 4.78 is 17.0. The lowest BCUT2D eigenvalue weighted by atomic mass is 10.1. The fourth-order valence-corrected chi connectivity index (χ4v) is 3.42. The SMILES string of the molecule is Cc1ccc(C(CNC(=O)N2CCOC(C)(C)C2)N2CCOCC2)o1. The van der Waals surface area contributed by atoms with Crippen molar-refractivity contribution in [3.63, 3.8) is 0 Å².